The fourth-order valence-corrected chi connectivity index (χ4v) is 6.26. The van der Waals surface area contributed by atoms with Crippen LogP contribution in [0.4, 0.5) is 0 Å². The fraction of sp³-hybridized carbons (Fsp3) is 0.375. The van der Waals surface area contributed by atoms with E-state index in [1.54, 1.807) is 31.5 Å². The summed E-state index contributed by atoms with van der Waals surface area (Å²) < 4.78 is 27.4. The van der Waals surface area contributed by atoms with Crippen molar-refractivity contribution in [2.24, 2.45) is 0 Å². The zero-order valence-electron chi connectivity index (χ0n) is 13.9. The Labute approximate surface area is 150 Å². The first-order valence-electron chi connectivity index (χ1n) is 7.80. The molecule has 7 nitrogen and oxygen atoms in total. The van der Waals surface area contributed by atoms with Crippen LogP contribution in [0.3, 0.4) is 0 Å². The number of nitrogens with one attached hydrogen (secondary N) is 1. The van der Waals surface area contributed by atoms with Crippen LogP contribution in [0.1, 0.15) is 39.3 Å². The number of thiophene rings is 1. The summed E-state index contributed by atoms with van der Waals surface area (Å²) in [5, 5.41) is 12.8. The molecule has 0 fully saturated rings. The third-order valence-electron chi connectivity index (χ3n) is 4.44. The predicted molar refractivity (Wildman–Crippen MR) is 94.3 cm³/mol. The van der Waals surface area contributed by atoms with E-state index in [0.717, 1.165) is 21.8 Å². The van der Waals surface area contributed by atoms with Gasteiger partial charge in [0.25, 0.3) is 10.0 Å². The molecule has 1 unspecified atom stereocenters. The van der Waals surface area contributed by atoms with Crippen LogP contribution in [-0.4, -0.2) is 42.4 Å². The Morgan fingerprint density at radius 3 is 2.88 bits per heavy atom. The quantitative estimate of drug-likeness (QED) is 0.820. The van der Waals surface area contributed by atoms with Crippen LogP contribution < -0.4 is 5.32 Å². The maximum atomic E-state index is 13.1. The number of nitrogens with zero attached hydrogens (tertiary/aromatic N) is 2. The molecule has 25 heavy (non-hydrogen) atoms. The van der Waals surface area contributed by atoms with Crippen molar-refractivity contribution >= 4 is 27.3 Å². The number of carboxylic acids is 1. The molecule has 0 radical (unpaired) electrons. The summed E-state index contributed by atoms with van der Waals surface area (Å²) in [4.78, 5) is 16.6. The van der Waals surface area contributed by atoms with Crippen LogP contribution in [0.25, 0.3) is 0 Å². The maximum Gasteiger partial charge on any atom is 0.338 e. The second-order valence-electron chi connectivity index (χ2n) is 5.88. The summed E-state index contributed by atoms with van der Waals surface area (Å²) in [5.74, 6) is -1.19. The number of rotatable bonds is 5. The van der Waals surface area contributed by atoms with Gasteiger partial charge in [-0.15, -0.1) is 11.3 Å². The normalized spacial score (nSPS) is 15.8. The third kappa shape index (κ3) is 3.20. The lowest BCUT2D eigenvalue weighted by atomic mass is 10.1. The molecule has 2 aromatic heterocycles. The van der Waals surface area contributed by atoms with E-state index in [0.29, 0.717) is 25.1 Å². The van der Waals surface area contributed by atoms with Crippen LogP contribution in [0, 0.1) is 0 Å². The van der Waals surface area contributed by atoms with E-state index in [1.165, 1.54) is 11.4 Å². The Hall–Kier alpha value is -1.81. The average Bonchev–Trinajstić information content (AvgIpc) is 3.01. The van der Waals surface area contributed by atoms with E-state index in [9.17, 15) is 18.3 Å². The molecule has 0 saturated heterocycles. The van der Waals surface area contributed by atoms with Gasteiger partial charge in [-0.3, -0.25) is 4.98 Å². The van der Waals surface area contributed by atoms with E-state index in [4.69, 9.17) is 0 Å². The van der Waals surface area contributed by atoms with Gasteiger partial charge < -0.3 is 10.4 Å². The number of sulfonamides is 1. The van der Waals surface area contributed by atoms with Crippen LogP contribution >= 0.6 is 11.3 Å². The van der Waals surface area contributed by atoms with Crippen molar-refractivity contribution in [2.75, 3.05) is 13.6 Å². The van der Waals surface area contributed by atoms with Crippen LogP contribution in [-0.2, 0) is 23.0 Å². The van der Waals surface area contributed by atoms with Gasteiger partial charge in [0.05, 0.1) is 5.56 Å². The molecule has 2 aromatic rings. The molecule has 3 heterocycles. The Balaban J connectivity index is 2.05. The van der Waals surface area contributed by atoms with Crippen molar-refractivity contribution < 1.29 is 18.3 Å². The van der Waals surface area contributed by atoms with Crippen molar-refractivity contribution in [1.29, 1.82) is 0 Å². The molecule has 9 heteroatoms. The molecule has 134 valence electrons. The Bertz CT molecular complexity index is 894. The molecule has 0 saturated carbocycles. The predicted octanol–water partition coefficient (Wildman–Crippen LogP) is 1.87. The summed E-state index contributed by atoms with van der Waals surface area (Å²) in [6.45, 7) is 2.90. The fourth-order valence-electron chi connectivity index (χ4n) is 2.88. The lowest BCUT2D eigenvalue weighted by Gasteiger charge is -2.24. The molecular formula is C16H19N3O4S2. The van der Waals surface area contributed by atoms with E-state index < -0.39 is 22.0 Å². The van der Waals surface area contributed by atoms with Gasteiger partial charge in [-0.1, -0.05) is 6.07 Å². The minimum Gasteiger partial charge on any atom is -0.478 e. The number of pyridine rings is 1. The van der Waals surface area contributed by atoms with Gasteiger partial charge in [0.2, 0.25) is 0 Å². The van der Waals surface area contributed by atoms with Gasteiger partial charge in [0.15, 0.2) is 0 Å². The van der Waals surface area contributed by atoms with Crippen LogP contribution in [0.5, 0.6) is 0 Å². The van der Waals surface area contributed by atoms with Gasteiger partial charge in [-0.2, -0.15) is 4.31 Å². The van der Waals surface area contributed by atoms with Gasteiger partial charge in [0, 0.05) is 36.9 Å². The van der Waals surface area contributed by atoms with Gasteiger partial charge in [0.1, 0.15) is 4.21 Å². The molecule has 0 amide bonds. The highest BCUT2D eigenvalue weighted by Crippen LogP contribution is 2.37. The van der Waals surface area contributed by atoms with Gasteiger partial charge in [-0.25, -0.2) is 13.2 Å². The lowest BCUT2D eigenvalue weighted by molar-refractivity contribution is 0.0692. The van der Waals surface area contributed by atoms with Crippen LogP contribution in [0.15, 0.2) is 28.7 Å². The van der Waals surface area contributed by atoms with Crippen molar-refractivity contribution in [1.82, 2.24) is 14.6 Å². The number of aromatic carboxylic acids is 1. The SMILES string of the molecule is CC(c1cccnc1)N(C)S(=O)(=O)c1sc2c(c1C(=O)O)CCNC2. The first kappa shape index (κ1) is 18.0. The standard InChI is InChI=1S/C16H19N3O4S2/c1-10(11-4-3-6-17-8-11)19(2)25(22,23)16-14(15(20)21)12-5-7-18-9-13(12)24-16/h3-4,6,8,10,18H,5,7,9H2,1-2H3,(H,20,21). The van der Waals surface area contributed by atoms with E-state index in [1.807, 2.05) is 0 Å². The molecule has 1 aliphatic heterocycles. The van der Waals surface area contributed by atoms with Gasteiger partial charge >= 0.3 is 5.97 Å². The molecule has 3 rings (SSSR count). The molecular weight excluding hydrogens is 362 g/mol. The molecule has 0 spiro atoms. The van der Waals surface area contributed by atoms with E-state index in [2.05, 4.69) is 10.3 Å². The average molecular weight is 381 g/mol. The molecule has 0 aromatic carbocycles. The zero-order chi connectivity index (χ0) is 18.2. The summed E-state index contributed by atoms with van der Waals surface area (Å²) in [7, 11) is -2.47. The monoisotopic (exact) mass is 381 g/mol. The number of carbonyl (C=O) groups is 1. The number of hydrogen-bond acceptors (Lipinski definition) is 6. The molecule has 1 aliphatic rings. The minimum absolute atomic E-state index is 0.0771. The number of carboxylic acid groups (broad SMARTS) is 1. The van der Waals surface area contributed by atoms with Gasteiger partial charge in [-0.05, 0) is 37.1 Å². The Morgan fingerprint density at radius 1 is 1.48 bits per heavy atom. The highest BCUT2D eigenvalue weighted by molar-refractivity contribution is 7.91. The summed E-state index contributed by atoms with van der Waals surface area (Å²) in [5.41, 5.74) is 1.30. The van der Waals surface area contributed by atoms with E-state index >= 15 is 0 Å². The maximum absolute atomic E-state index is 13.1. The van der Waals surface area contributed by atoms with Crippen molar-refractivity contribution in [3.05, 3.63) is 46.1 Å². The molecule has 2 N–H and O–H groups in total. The molecule has 0 bridgehead atoms. The topological polar surface area (TPSA) is 99.6 Å². The Morgan fingerprint density at radius 2 is 2.24 bits per heavy atom. The highest BCUT2D eigenvalue weighted by Gasteiger charge is 2.36. The molecule has 0 aliphatic carbocycles. The first-order valence-corrected chi connectivity index (χ1v) is 10.1. The summed E-state index contributed by atoms with van der Waals surface area (Å²) >= 11 is 1.05. The molecule has 1 atom stereocenters. The summed E-state index contributed by atoms with van der Waals surface area (Å²) in [6, 6.07) is 3.08. The van der Waals surface area contributed by atoms with Crippen molar-refractivity contribution in [3.8, 4) is 0 Å². The second-order valence-corrected chi connectivity index (χ2v) is 9.18. The largest absolute Gasteiger partial charge is 0.478 e. The number of fused-ring (bicyclic) bond motifs is 1. The number of aromatic nitrogens is 1. The zero-order valence-corrected chi connectivity index (χ0v) is 15.5. The Kier molecular flexibility index (Phi) is 4.92. The number of hydrogen-bond donors (Lipinski definition) is 2. The third-order valence-corrected chi connectivity index (χ3v) is 8.09. The lowest BCUT2D eigenvalue weighted by Crippen LogP contribution is -2.30. The second kappa shape index (κ2) is 6.83. The minimum atomic E-state index is -3.94. The van der Waals surface area contributed by atoms with Crippen molar-refractivity contribution in [3.63, 3.8) is 0 Å². The van der Waals surface area contributed by atoms with E-state index in [-0.39, 0.29) is 9.77 Å². The summed E-state index contributed by atoms with van der Waals surface area (Å²) in [6.07, 6.45) is 3.75. The van der Waals surface area contributed by atoms with Crippen molar-refractivity contribution in [2.45, 2.75) is 30.1 Å². The van der Waals surface area contributed by atoms with Crippen LogP contribution in [0.2, 0.25) is 0 Å². The smallest absolute Gasteiger partial charge is 0.338 e. The highest BCUT2D eigenvalue weighted by atomic mass is 32.2. The first-order chi connectivity index (χ1) is 11.8.